The summed E-state index contributed by atoms with van der Waals surface area (Å²) in [6.45, 7) is 4.61. The Morgan fingerprint density at radius 1 is 1.17 bits per heavy atom. The van der Waals surface area contributed by atoms with E-state index in [0.717, 1.165) is 47.1 Å². The lowest BCUT2D eigenvalue weighted by Crippen LogP contribution is -2.41. The standard InChI is InChI=1S/C21H22ClN5O2S/c22-20-24-14-12-15(30-18(14)19(25-20)27-8-10-29-11-9-27)21(28)3-6-26(7-4-21)17-13-2-1-5-23-16(13)17/h1-2,5,12,17,28H,3-4,6-11H2. The Hall–Kier alpha value is -1.84. The Morgan fingerprint density at radius 3 is 2.70 bits per heavy atom. The Bertz CT molecular complexity index is 1080. The van der Waals surface area contributed by atoms with Crippen LogP contribution in [0.5, 0.6) is 0 Å². The number of piperidine rings is 1. The summed E-state index contributed by atoms with van der Waals surface area (Å²) in [4.78, 5) is 19.0. The summed E-state index contributed by atoms with van der Waals surface area (Å²) in [5.41, 5.74) is 2.48. The first-order valence-corrected chi connectivity index (χ1v) is 11.5. The molecule has 3 aromatic rings. The lowest BCUT2D eigenvalue weighted by Gasteiger charge is -2.37. The molecule has 0 amide bonds. The number of halogens is 1. The summed E-state index contributed by atoms with van der Waals surface area (Å²) in [6.07, 6.45) is 3.24. The lowest BCUT2D eigenvalue weighted by molar-refractivity contribution is -0.0261. The van der Waals surface area contributed by atoms with Crippen LogP contribution in [0.1, 0.15) is 35.0 Å². The molecule has 1 aliphatic carbocycles. The summed E-state index contributed by atoms with van der Waals surface area (Å²) < 4.78 is 6.47. The van der Waals surface area contributed by atoms with Crippen LogP contribution in [0.15, 0.2) is 24.4 Å². The van der Waals surface area contributed by atoms with Gasteiger partial charge < -0.3 is 14.7 Å². The van der Waals surface area contributed by atoms with Crippen molar-refractivity contribution in [1.29, 1.82) is 0 Å². The number of likely N-dealkylation sites (tertiary alicyclic amines) is 1. The number of rotatable bonds is 3. The average molecular weight is 444 g/mol. The summed E-state index contributed by atoms with van der Waals surface area (Å²) in [5, 5.41) is 11.7. The summed E-state index contributed by atoms with van der Waals surface area (Å²) in [5.74, 6) is 0.852. The fraction of sp³-hybridized carbons (Fsp3) is 0.476. The first-order chi connectivity index (χ1) is 14.6. The zero-order chi connectivity index (χ0) is 20.3. The maximum Gasteiger partial charge on any atom is 0.224 e. The van der Waals surface area contributed by atoms with Crippen LogP contribution in [0.2, 0.25) is 5.28 Å². The van der Waals surface area contributed by atoms with Gasteiger partial charge in [-0.1, -0.05) is 6.07 Å². The number of ether oxygens (including phenoxy) is 1. The first kappa shape index (κ1) is 18.9. The van der Waals surface area contributed by atoms with Gasteiger partial charge in [0.1, 0.15) is 5.60 Å². The van der Waals surface area contributed by atoms with Crippen molar-refractivity contribution in [2.75, 3.05) is 44.3 Å². The number of thiophene rings is 1. The fourth-order valence-electron chi connectivity index (χ4n) is 4.68. The minimum atomic E-state index is -0.842. The van der Waals surface area contributed by atoms with Crippen LogP contribution in [-0.4, -0.2) is 64.4 Å². The maximum absolute atomic E-state index is 11.5. The average Bonchev–Trinajstić information content (AvgIpc) is 3.33. The molecule has 0 radical (unpaired) electrons. The van der Waals surface area contributed by atoms with Crippen LogP contribution in [0.25, 0.3) is 10.2 Å². The quantitative estimate of drug-likeness (QED) is 0.624. The zero-order valence-corrected chi connectivity index (χ0v) is 18.0. The molecule has 9 heteroatoms. The molecule has 0 saturated carbocycles. The van der Waals surface area contributed by atoms with E-state index in [1.54, 1.807) is 11.3 Å². The molecular formula is C21H22ClN5O2S. The van der Waals surface area contributed by atoms with Crippen molar-refractivity contribution in [3.05, 3.63) is 45.8 Å². The summed E-state index contributed by atoms with van der Waals surface area (Å²) >= 11 is 7.82. The highest BCUT2D eigenvalue weighted by molar-refractivity contribution is 7.19. The molecule has 2 aliphatic heterocycles. The van der Waals surface area contributed by atoms with E-state index in [0.29, 0.717) is 32.1 Å². The summed E-state index contributed by atoms with van der Waals surface area (Å²) in [7, 11) is 0. The molecular weight excluding hydrogens is 422 g/mol. The number of hydrogen-bond donors (Lipinski definition) is 1. The van der Waals surface area contributed by atoms with Crippen molar-refractivity contribution in [3.63, 3.8) is 0 Å². The van der Waals surface area contributed by atoms with Gasteiger partial charge in [-0.3, -0.25) is 9.88 Å². The predicted molar refractivity (Wildman–Crippen MR) is 116 cm³/mol. The van der Waals surface area contributed by atoms with E-state index in [1.807, 2.05) is 18.3 Å². The number of morpholine rings is 1. The Labute approximate surface area is 183 Å². The minimum absolute atomic E-state index is 0.245. The monoisotopic (exact) mass is 443 g/mol. The molecule has 1 unspecified atom stereocenters. The SMILES string of the molecule is OC1(c2cc3nc(Cl)nc(N4CCOCC4)c3s2)CCN(C2c3cccnc32)CC1. The number of nitrogens with zero attached hydrogens (tertiary/aromatic N) is 5. The Kier molecular flexibility index (Phi) is 4.47. The van der Waals surface area contributed by atoms with Crippen molar-refractivity contribution >= 4 is 39.0 Å². The van der Waals surface area contributed by atoms with E-state index in [9.17, 15) is 5.11 Å². The molecule has 5 heterocycles. The molecule has 2 fully saturated rings. The van der Waals surface area contributed by atoms with Crippen LogP contribution in [-0.2, 0) is 10.3 Å². The number of fused-ring (bicyclic) bond motifs is 2. The molecule has 156 valence electrons. The largest absolute Gasteiger partial charge is 0.384 e. The van der Waals surface area contributed by atoms with Crippen molar-refractivity contribution in [3.8, 4) is 0 Å². The van der Waals surface area contributed by atoms with Crippen LogP contribution >= 0.6 is 22.9 Å². The van der Waals surface area contributed by atoms with E-state index in [-0.39, 0.29) is 5.28 Å². The van der Waals surface area contributed by atoms with Gasteiger partial charge in [0.05, 0.1) is 35.2 Å². The second-order valence-corrected chi connectivity index (χ2v) is 9.58. The third-order valence-electron chi connectivity index (χ3n) is 6.43. The fourth-order valence-corrected chi connectivity index (χ4v) is 6.11. The van der Waals surface area contributed by atoms with E-state index in [2.05, 4.69) is 30.8 Å². The number of hydrogen-bond acceptors (Lipinski definition) is 8. The molecule has 1 N–H and O–H groups in total. The molecule has 3 aromatic heterocycles. The van der Waals surface area contributed by atoms with Crippen molar-refractivity contribution in [1.82, 2.24) is 19.9 Å². The van der Waals surface area contributed by atoms with Crippen LogP contribution in [0, 0.1) is 0 Å². The topological polar surface area (TPSA) is 74.6 Å². The van der Waals surface area contributed by atoms with Gasteiger partial charge >= 0.3 is 0 Å². The normalized spacial score (nSPS) is 23.5. The molecule has 6 rings (SSSR count). The van der Waals surface area contributed by atoms with Crippen LogP contribution in [0.3, 0.4) is 0 Å². The van der Waals surface area contributed by atoms with E-state index in [4.69, 9.17) is 16.3 Å². The van der Waals surface area contributed by atoms with Gasteiger partial charge in [-0.25, -0.2) is 4.98 Å². The highest BCUT2D eigenvalue weighted by atomic mass is 35.5. The van der Waals surface area contributed by atoms with E-state index >= 15 is 0 Å². The summed E-state index contributed by atoms with van der Waals surface area (Å²) in [6, 6.07) is 6.48. The second kappa shape index (κ2) is 7.10. The van der Waals surface area contributed by atoms with Crippen molar-refractivity contribution in [2.24, 2.45) is 0 Å². The van der Waals surface area contributed by atoms with Gasteiger partial charge in [0.2, 0.25) is 5.28 Å². The molecule has 30 heavy (non-hydrogen) atoms. The van der Waals surface area contributed by atoms with Crippen LogP contribution in [0.4, 0.5) is 5.82 Å². The second-order valence-electron chi connectivity index (χ2n) is 8.19. The molecule has 0 bridgehead atoms. The molecule has 2 saturated heterocycles. The van der Waals surface area contributed by atoms with Crippen LogP contribution < -0.4 is 4.90 Å². The number of aliphatic hydroxyl groups is 1. The highest BCUT2D eigenvalue weighted by Crippen LogP contribution is 2.48. The third kappa shape index (κ3) is 3.09. The van der Waals surface area contributed by atoms with E-state index in [1.165, 1.54) is 11.3 Å². The molecule has 3 aliphatic rings. The number of anilines is 1. The molecule has 7 nitrogen and oxygen atoms in total. The Morgan fingerprint density at radius 2 is 1.97 bits per heavy atom. The maximum atomic E-state index is 11.5. The first-order valence-electron chi connectivity index (χ1n) is 10.3. The Balaban J connectivity index is 1.26. The predicted octanol–water partition coefficient (Wildman–Crippen LogP) is 2.96. The van der Waals surface area contributed by atoms with Gasteiger partial charge in [0.25, 0.3) is 0 Å². The highest BCUT2D eigenvalue weighted by Gasteiger charge is 2.44. The van der Waals surface area contributed by atoms with Crippen molar-refractivity contribution in [2.45, 2.75) is 24.5 Å². The molecule has 1 atom stereocenters. The van der Waals surface area contributed by atoms with E-state index < -0.39 is 5.60 Å². The third-order valence-corrected chi connectivity index (χ3v) is 7.91. The molecule has 0 aromatic carbocycles. The number of aromatic nitrogens is 3. The van der Waals surface area contributed by atoms with Gasteiger partial charge in [-0.2, -0.15) is 4.98 Å². The number of pyridine rings is 1. The van der Waals surface area contributed by atoms with Gasteiger partial charge in [0, 0.05) is 37.3 Å². The zero-order valence-electron chi connectivity index (χ0n) is 16.4. The lowest BCUT2D eigenvalue weighted by atomic mass is 9.89. The van der Waals surface area contributed by atoms with Crippen molar-refractivity contribution < 1.29 is 9.84 Å². The van der Waals surface area contributed by atoms with Gasteiger partial charge in [-0.05, 0) is 42.1 Å². The van der Waals surface area contributed by atoms with Gasteiger partial charge in [-0.15, -0.1) is 11.3 Å². The molecule has 0 spiro atoms. The smallest absolute Gasteiger partial charge is 0.224 e. The van der Waals surface area contributed by atoms with Gasteiger partial charge in [0.15, 0.2) is 5.82 Å². The minimum Gasteiger partial charge on any atom is -0.384 e.